The highest BCUT2D eigenvalue weighted by Gasteiger charge is 2.33. The van der Waals surface area contributed by atoms with Crippen molar-refractivity contribution in [1.29, 1.82) is 0 Å². The van der Waals surface area contributed by atoms with Crippen LogP contribution in [0.15, 0.2) is 23.3 Å². The summed E-state index contributed by atoms with van der Waals surface area (Å²) in [6, 6.07) is 2.28. The van der Waals surface area contributed by atoms with Crippen LogP contribution in [0.25, 0.3) is 0 Å². The SMILES string of the molecule is CCCCCNC(=NC)NCCNc1ncccc1C(F)(F)F. The normalized spacial score (nSPS) is 12.1. The Morgan fingerprint density at radius 1 is 1.17 bits per heavy atom. The molecule has 0 fully saturated rings. The van der Waals surface area contributed by atoms with Crippen LogP contribution < -0.4 is 16.0 Å². The summed E-state index contributed by atoms with van der Waals surface area (Å²) in [5.41, 5.74) is -0.762. The van der Waals surface area contributed by atoms with Gasteiger partial charge in [0.1, 0.15) is 5.82 Å². The fraction of sp³-hybridized carbons (Fsp3) is 0.600. The lowest BCUT2D eigenvalue weighted by atomic mass is 10.2. The van der Waals surface area contributed by atoms with Crippen LogP contribution in [0.2, 0.25) is 0 Å². The Bertz CT molecular complexity index is 488. The molecule has 130 valence electrons. The Hall–Kier alpha value is -1.99. The minimum atomic E-state index is -4.42. The van der Waals surface area contributed by atoms with Gasteiger partial charge in [-0.15, -0.1) is 0 Å². The van der Waals surface area contributed by atoms with Crippen LogP contribution in [0.3, 0.4) is 0 Å². The monoisotopic (exact) mass is 331 g/mol. The summed E-state index contributed by atoms with van der Waals surface area (Å²) in [7, 11) is 1.66. The molecule has 1 heterocycles. The van der Waals surface area contributed by atoms with E-state index < -0.39 is 11.7 Å². The number of anilines is 1. The second-order valence-electron chi connectivity index (χ2n) is 4.96. The fourth-order valence-corrected chi connectivity index (χ4v) is 1.94. The summed E-state index contributed by atoms with van der Waals surface area (Å²) in [4.78, 5) is 7.81. The van der Waals surface area contributed by atoms with Crippen molar-refractivity contribution >= 4 is 11.8 Å². The van der Waals surface area contributed by atoms with Crippen molar-refractivity contribution in [3.63, 3.8) is 0 Å². The number of alkyl halides is 3. The molecule has 1 rings (SSSR count). The molecule has 1 aromatic rings. The van der Waals surface area contributed by atoms with E-state index >= 15 is 0 Å². The van der Waals surface area contributed by atoms with Gasteiger partial charge in [-0.05, 0) is 18.6 Å². The molecule has 1 aromatic heterocycles. The van der Waals surface area contributed by atoms with E-state index in [1.165, 1.54) is 12.3 Å². The third-order valence-corrected chi connectivity index (χ3v) is 3.12. The summed E-state index contributed by atoms with van der Waals surface area (Å²) in [5, 5.41) is 8.90. The van der Waals surface area contributed by atoms with Gasteiger partial charge in [-0.1, -0.05) is 19.8 Å². The van der Waals surface area contributed by atoms with Crippen LogP contribution in [-0.4, -0.2) is 37.6 Å². The second-order valence-corrected chi connectivity index (χ2v) is 4.96. The van der Waals surface area contributed by atoms with E-state index in [9.17, 15) is 13.2 Å². The topological polar surface area (TPSA) is 61.3 Å². The number of nitrogens with zero attached hydrogens (tertiary/aromatic N) is 2. The summed E-state index contributed by atoms with van der Waals surface area (Å²) in [5.74, 6) is 0.479. The first kappa shape index (κ1) is 19.1. The standard InChI is InChI=1S/C15H24F3N5/c1-3-4-5-8-22-14(19-2)23-11-10-21-13-12(15(16,17)18)7-6-9-20-13/h6-7,9H,3-5,8,10-11H2,1-2H3,(H,20,21)(H2,19,22,23). The fourth-order valence-electron chi connectivity index (χ4n) is 1.94. The van der Waals surface area contributed by atoms with Crippen molar-refractivity contribution < 1.29 is 13.2 Å². The first-order valence-corrected chi connectivity index (χ1v) is 7.69. The van der Waals surface area contributed by atoms with E-state index in [1.807, 2.05) is 0 Å². The van der Waals surface area contributed by atoms with Crippen molar-refractivity contribution in [2.24, 2.45) is 4.99 Å². The molecule has 0 spiro atoms. The molecule has 0 atom stereocenters. The van der Waals surface area contributed by atoms with Crippen molar-refractivity contribution in [3.8, 4) is 0 Å². The maximum absolute atomic E-state index is 12.8. The van der Waals surface area contributed by atoms with E-state index in [0.29, 0.717) is 19.0 Å². The average Bonchev–Trinajstić information content (AvgIpc) is 2.53. The lowest BCUT2D eigenvalue weighted by Gasteiger charge is -2.15. The molecule has 3 N–H and O–H groups in total. The number of halogens is 3. The molecule has 0 bridgehead atoms. The van der Waals surface area contributed by atoms with E-state index in [-0.39, 0.29) is 5.82 Å². The number of hydrogen-bond donors (Lipinski definition) is 3. The molecule has 0 saturated heterocycles. The third-order valence-electron chi connectivity index (χ3n) is 3.12. The molecule has 5 nitrogen and oxygen atoms in total. The molecule has 0 amide bonds. The van der Waals surface area contributed by atoms with Crippen molar-refractivity contribution in [2.75, 3.05) is 32.0 Å². The molecule has 0 aliphatic rings. The maximum Gasteiger partial charge on any atom is 0.419 e. The molecule has 0 aliphatic carbocycles. The van der Waals surface area contributed by atoms with Gasteiger partial charge < -0.3 is 16.0 Å². The molecule has 0 radical (unpaired) electrons. The highest BCUT2D eigenvalue weighted by Crippen LogP contribution is 2.33. The lowest BCUT2D eigenvalue weighted by molar-refractivity contribution is -0.137. The van der Waals surface area contributed by atoms with E-state index in [0.717, 1.165) is 31.9 Å². The minimum absolute atomic E-state index is 0.160. The van der Waals surface area contributed by atoms with E-state index in [2.05, 4.69) is 32.9 Å². The van der Waals surface area contributed by atoms with Crippen molar-refractivity contribution in [1.82, 2.24) is 15.6 Å². The first-order chi connectivity index (χ1) is 11.0. The summed E-state index contributed by atoms with van der Waals surface area (Å²) < 4.78 is 38.5. The Kier molecular flexibility index (Phi) is 8.21. The predicted octanol–water partition coefficient (Wildman–Crippen LogP) is 2.87. The Labute approximate surface area is 134 Å². The van der Waals surface area contributed by atoms with Gasteiger partial charge in [-0.3, -0.25) is 4.99 Å². The number of aliphatic imine (C=N–C) groups is 1. The average molecular weight is 331 g/mol. The van der Waals surface area contributed by atoms with Gasteiger partial charge in [-0.2, -0.15) is 13.2 Å². The number of nitrogens with one attached hydrogen (secondary N) is 3. The Balaban J connectivity index is 2.37. The van der Waals surface area contributed by atoms with Gasteiger partial charge in [0, 0.05) is 32.9 Å². The Morgan fingerprint density at radius 2 is 1.91 bits per heavy atom. The zero-order valence-electron chi connectivity index (χ0n) is 13.5. The van der Waals surface area contributed by atoms with Gasteiger partial charge in [-0.25, -0.2) is 4.98 Å². The van der Waals surface area contributed by atoms with Gasteiger partial charge in [0.25, 0.3) is 0 Å². The number of hydrogen-bond acceptors (Lipinski definition) is 3. The van der Waals surface area contributed by atoms with Crippen molar-refractivity contribution in [3.05, 3.63) is 23.9 Å². The highest BCUT2D eigenvalue weighted by atomic mass is 19.4. The first-order valence-electron chi connectivity index (χ1n) is 7.69. The van der Waals surface area contributed by atoms with Gasteiger partial charge in [0.05, 0.1) is 5.56 Å². The molecule has 0 saturated carbocycles. The van der Waals surface area contributed by atoms with Crippen LogP contribution in [0.4, 0.5) is 19.0 Å². The van der Waals surface area contributed by atoms with Gasteiger partial charge in [0.2, 0.25) is 0 Å². The van der Waals surface area contributed by atoms with E-state index in [1.54, 1.807) is 7.05 Å². The number of rotatable bonds is 8. The van der Waals surface area contributed by atoms with Crippen LogP contribution in [0.1, 0.15) is 31.7 Å². The minimum Gasteiger partial charge on any atom is -0.368 e. The summed E-state index contributed by atoms with van der Waals surface area (Å²) in [6.07, 6.45) is 0.257. The van der Waals surface area contributed by atoms with Crippen molar-refractivity contribution in [2.45, 2.75) is 32.4 Å². The molecule has 0 aliphatic heterocycles. The summed E-state index contributed by atoms with van der Waals surface area (Å²) >= 11 is 0. The van der Waals surface area contributed by atoms with E-state index in [4.69, 9.17) is 0 Å². The van der Waals surface area contributed by atoms with Crippen LogP contribution in [0, 0.1) is 0 Å². The molecule has 0 aromatic carbocycles. The molecular formula is C15H24F3N5. The Morgan fingerprint density at radius 3 is 2.57 bits per heavy atom. The largest absolute Gasteiger partial charge is 0.419 e. The van der Waals surface area contributed by atoms with Gasteiger partial charge >= 0.3 is 6.18 Å². The van der Waals surface area contributed by atoms with Crippen LogP contribution in [-0.2, 0) is 6.18 Å². The van der Waals surface area contributed by atoms with Crippen LogP contribution in [0.5, 0.6) is 0 Å². The molecular weight excluding hydrogens is 307 g/mol. The zero-order chi connectivity index (χ0) is 17.1. The number of aromatic nitrogens is 1. The maximum atomic E-state index is 12.8. The third kappa shape index (κ3) is 7.21. The smallest absolute Gasteiger partial charge is 0.368 e. The van der Waals surface area contributed by atoms with Gasteiger partial charge in [0.15, 0.2) is 5.96 Å². The lowest BCUT2D eigenvalue weighted by Crippen LogP contribution is -2.40. The molecule has 0 unspecified atom stereocenters. The second kappa shape index (κ2) is 9.91. The number of guanidine groups is 1. The number of pyridine rings is 1. The molecule has 23 heavy (non-hydrogen) atoms. The predicted molar refractivity (Wildman–Crippen MR) is 86.6 cm³/mol. The molecule has 8 heteroatoms. The highest BCUT2D eigenvalue weighted by molar-refractivity contribution is 5.79. The number of unbranched alkanes of at least 4 members (excludes halogenated alkanes) is 2. The quantitative estimate of drug-likeness (QED) is 0.389. The zero-order valence-corrected chi connectivity index (χ0v) is 13.5. The summed E-state index contributed by atoms with van der Waals surface area (Å²) in [6.45, 7) is 3.68. The van der Waals surface area contributed by atoms with Crippen LogP contribution >= 0.6 is 0 Å².